The largest absolute Gasteiger partial charge is 0.316 e. The molecule has 0 fully saturated rings. The van der Waals surface area contributed by atoms with Crippen LogP contribution in [0.4, 0.5) is 5.69 Å². The van der Waals surface area contributed by atoms with E-state index in [1.54, 1.807) is 0 Å². The Labute approximate surface area is 100 Å². The molecule has 0 saturated heterocycles. The fraction of sp³-hybridized carbons (Fsp3) is 0. The number of hydrogen-bond acceptors (Lipinski definition) is 5. The molecule has 80 valence electrons. The molecular weight excluding hydrogens is 279 g/mol. The van der Waals surface area contributed by atoms with Crippen LogP contribution in [-0.2, 0) is 9.05 Å². The van der Waals surface area contributed by atoms with Gasteiger partial charge in [-0.1, -0.05) is 11.6 Å². The Morgan fingerprint density at radius 2 is 2.13 bits per heavy atom. The Bertz CT molecular complexity index is 542. The van der Waals surface area contributed by atoms with Crippen LogP contribution in [0.3, 0.4) is 0 Å². The first-order valence-electron chi connectivity index (χ1n) is 3.71. The number of benzene rings is 1. The van der Waals surface area contributed by atoms with E-state index >= 15 is 0 Å². The zero-order valence-corrected chi connectivity index (χ0v) is 10.2. The van der Waals surface area contributed by atoms with Crippen LogP contribution >= 0.6 is 34.2 Å². The third-order valence-electron chi connectivity index (χ3n) is 1.70. The lowest BCUT2D eigenvalue weighted by Crippen LogP contribution is -2.03. The second-order valence-corrected chi connectivity index (χ2v) is 6.49. The van der Waals surface area contributed by atoms with E-state index in [0.29, 0.717) is 10.6 Å². The molecule has 2 rings (SSSR count). The maximum Gasteiger partial charge on any atom is 0.262 e. The first-order chi connectivity index (χ1) is 6.98. The van der Waals surface area contributed by atoms with Gasteiger partial charge in [-0.25, -0.2) is 13.4 Å². The SMILES string of the molecule is O=S(=O)(Cl)c1cc2c(cc1Cl)N=CNS2. The maximum absolute atomic E-state index is 11.2. The number of nitrogens with zero attached hydrogens (tertiary/aromatic N) is 1. The zero-order valence-electron chi connectivity index (χ0n) is 7.07. The third-order valence-corrected chi connectivity index (χ3v) is 4.26. The van der Waals surface area contributed by atoms with Crippen LogP contribution in [0.2, 0.25) is 5.02 Å². The van der Waals surface area contributed by atoms with E-state index in [1.165, 1.54) is 30.4 Å². The molecule has 0 atom stereocenters. The van der Waals surface area contributed by atoms with Crippen molar-refractivity contribution in [3.63, 3.8) is 0 Å². The van der Waals surface area contributed by atoms with Gasteiger partial charge in [0.05, 0.1) is 21.9 Å². The second-order valence-electron chi connectivity index (χ2n) is 2.67. The predicted molar refractivity (Wildman–Crippen MR) is 61.6 cm³/mol. The van der Waals surface area contributed by atoms with Gasteiger partial charge in [-0.2, -0.15) is 0 Å². The van der Waals surface area contributed by atoms with Crippen LogP contribution in [0.15, 0.2) is 26.9 Å². The second kappa shape index (κ2) is 3.86. The van der Waals surface area contributed by atoms with Crippen molar-refractivity contribution >= 4 is 55.3 Å². The van der Waals surface area contributed by atoms with Gasteiger partial charge in [0.15, 0.2) is 0 Å². The summed E-state index contributed by atoms with van der Waals surface area (Å²) in [6.07, 6.45) is 1.50. The standard InChI is InChI=1S/C7H4Cl2N2O2S2/c8-4-1-5-6(14-11-3-10-5)2-7(4)15(9,12)13/h1-3H,(H,10,11). The molecule has 0 bridgehead atoms. The number of aliphatic imine (C=N–C) groups is 1. The van der Waals surface area contributed by atoms with E-state index in [-0.39, 0.29) is 9.92 Å². The summed E-state index contributed by atoms with van der Waals surface area (Å²) in [5, 5.41) is 0.0726. The van der Waals surface area contributed by atoms with Crippen LogP contribution in [-0.4, -0.2) is 14.8 Å². The molecule has 1 aliphatic heterocycles. The molecule has 4 nitrogen and oxygen atoms in total. The van der Waals surface area contributed by atoms with E-state index in [1.807, 2.05) is 0 Å². The van der Waals surface area contributed by atoms with E-state index in [4.69, 9.17) is 22.3 Å². The molecule has 0 radical (unpaired) electrons. The molecule has 1 heterocycles. The van der Waals surface area contributed by atoms with Crippen LogP contribution in [0.1, 0.15) is 0 Å². The highest BCUT2D eigenvalue weighted by Gasteiger charge is 2.19. The van der Waals surface area contributed by atoms with Crippen LogP contribution in [0, 0.1) is 0 Å². The van der Waals surface area contributed by atoms with Gasteiger partial charge in [0.2, 0.25) is 0 Å². The van der Waals surface area contributed by atoms with Crippen molar-refractivity contribution in [2.24, 2.45) is 4.99 Å². The molecule has 15 heavy (non-hydrogen) atoms. The lowest BCUT2D eigenvalue weighted by Gasteiger charge is -2.11. The van der Waals surface area contributed by atoms with Crippen molar-refractivity contribution in [2.45, 2.75) is 9.79 Å². The van der Waals surface area contributed by atoms with Crippen LogP contribution in [0.25, 0.3) is 0 Å². The Balaban J connectivity index is 2.66. The lowest BCUT2D eigenvalue weighted by molar-refractivity contribution is 0.609. The Kier molecular flexibility index (Phi) is 2.85. The number of nitrogens with one attached hydrogen (secondary N) is 1. The summed E-state index contributed by atoms with van der Waals surface area (Å²) >= 11 is 7.03. The maximum atomic E-state index is 11.2. The molecule has 0 amide bonds. The van der Waals surface area contributed by atoms with Gasteiger partial charge in [-0.05, 0) is 24.1 Å². The number of fused-ring (bicyclic) bond motifs is 1. The lowest BCUT2D eigenvalue weighted by atomic mass is 10.3. The van der Waals surface area contributed by atoms with Crippen molar-refractivity contribution < 1.29 is 8.42 Å². The van der Waals surface area contributed by atoms with Crippen molar-refractivity contribution in [1.29, 1.82) is 0 Å². The highest BCUT2D eigenvalue weighted by molar-refractivity contribution is 8.13. The molecule has 1 aromatic carbocycles. The van der Waals surface area contributed by atoms with Gasteiger partial charge in [0.25, 0.3) is 9.05 Å². The first kappa shape index (κ1) is 11.1. The molecular formula is C7H4Cl2N2O2S2. The Hall–Kier alpha value is -0.430. The number of halogens is 2. The van der Waals surface area contributed by atoms with E-state index in [0.717, 1.165) is 0 Å². The average molecular weight is 283 g/mol. The van der Waals surface area contributed by atoms with Crippen molar-refractivity contribution in [2.75, 3.05) is 0 Å². The zero-order chi connectivity index (χ0) is 11.1. The summed E-state index contributed by atoms with van der Waals surface area (Å²) in [4.78, 5) is 4.56. The highest BCUT2D eigenvalue weighted by atomic mass is 35.7. The van der Waals surface area contributed by atoms with Crippen molar-refractivity contribution in [1.82, 2.24) is 4.72 Å². The van der Waals surface area contributed by atoms with E-state index in [2.05, 4.69) is 9.71 Å². The normalized spacial score (nSPS) is 14.5. The summed E-state index contributed by atoms with van der Waals surface area (Å²) in [6, 6.07) is 2.87. The van der Waals surface area contributed by atoms with Gasteiger partial charge < -0.3 is 4.72 Å². The molecule has 0 spiro atoms. The summed E-state index contributed by atoms with van der Waals surface area (Å²) in [6.45, 7) is 0. The summed E-state index contributed by atoms with van der Waals surface area (Å²) in [5.74, 6) is 0. The smallest absolute Gasteiger partial charge is 0.262 e. The highest BCUT2D eigenvalue weighted by Crippen LogP contribution is 2.37. The first-order valence-corrected chi connectivity index (χ1v) is 7.22. The van der Waals surface area contributed by atoms with E-state index in [9.17, 15) is 8.42 Å². The van der Waals surface area contributed by atoms with Gasteiger partial charge in [0, 0.05) is 10.7 Å². The van der Waals surface area contributed by atoms with Gasteiger partial charge in [0.1, 0.15) is 4.90 Å². The van der Waals surface area contributed by atoms with Crippen molar-refractivity contribution in [3.8, 4) is 0 Å². The predicted octanol–water partition coefficient (Wildman–Crippen LogP) is 2.54. The Morgan fingerprint density at radius 1 is 1.40 bits per heavy atom. The van der Waals surface area contributed by atoms with Gasteiger partial charge >= 0.3 is 0 Å². The molecule has 1 aromatic rings. The van der Waals surface area contributed by atoms with Crippen LogP contribution < -0.4 is 4.72 Å². The molecule has 0 aromatic heterocycles. The minimum Gasteiger partial charge on any atom is -0.316 e. The molecule has 1 aliphatic rings. The molecule has 0 unspecified atom stereocenters. The van der Waals surface area contributed by atoms with E-state index < -0.39 is 9.05 Å². The number of hydrogen-bond donors (Lipinski definition) is 1. The molecule has 1 N–H and O–H groups in total. The monoisotopic (exact) mass is 282 g/mol. The summed E-state index contributed by atoms with van der Waals surface area (Å²) < 4.78 is 25.1. The Morgan fingerprint density at radius 3 is 2.80 bits per heavy atom. The molecule has 8 heteroatoms. The quantitative estimate of drug-likeness (QED) is 0.635. The fourth-order valence-electron chi connectivity index (χ4n) is 1.08. The topological polar surface area (TPSA) is 58.5 Å². The summed E-state index contributed by atoms with van der Waals surface area (Å²) in [5.41, 5.74) is 0.618. The minimum atomic E-state index is -3.82. The number of rotatable bonds is 1. The minimum absolute atomic E-state index is 0.0726. The summed E-state index contributed by atoms with van der Waals surface area (Å²) in [7, 11) is 1.41. The average Bonchev–Trinajstić information content (AvgIpc) is 2.15. The third kappa shape index (κ3) is 2.23. The van der Waals surface area contributed by atoms with Crippen LogP contribution in [0.5, 0.6) is 0 Å². The molecule has 0 saturated carbocycles. The van der Waals surface area contributed by atoms with Gasteiger partial charge in [-0.3, -0.25) is 0 Å². The van der Waals surface area contributed by atoms with Crippen molar-refractivity contribution in [3.05, 3.63) is 17.2 Å². The van der Waals surface area contributed by atoms with Gasteiger partial charge in [-0.15, -0.1) is 0 Å². The fourth-order valence-corrected chi connectivity index (χ4v) is 3.29. The molecule has 0 aliphatic carbocycles.